The summed E-state index contributed by atoms with van der Waals surface area (Å²) >= 11 is 3.49. The van der Waals surface area contributed by atoms with Gasteiger partial charge in [-0.3, -0.25) is 0 Å². The first-order valence-electron chi connectivity index (χ1n) is 7.89. The number of nitrogens with zero attached hydrogens (tertiary/aromatic N) is 3. The van der Waals surface area contributed by atoms with Crippen molar-refractivity contribution in [3.8, 4) is 0 Å². The molecule has 0 aromatic carbocycles. The number of aromatic nitrogens is 2. The lowest BCUT2D eigenvalue weighted by Gasteiger charge is -2.31. The van der Waals surface area contributed by atoms with Crippen LogP contribution in [0.4, 0.5) is 5.82 Å². The van der Waals surface area contributed by atoms with Crippen molar-refractivity contribution in [3.05, 3.63) is 16.5 Å². The van der Waals surface area contributed by atoms with E-state index in [4.69, 9.17) is 0 Å². The van der Waals surface area contributed by atoms with Crippen molar-refractivity contribution in [1.82, 2.24) is 14.9 Å². The Labute approximate surface area is 136 Å². The van der Waals surface area contributed by atoms with E-state index >= 15 is 0 Å². The zero-order valence-electron chi connectivity index (χ0n) is 13.6. The van der Waals surface area contributed by atoms with E-state index < -0.39 is 0 Å². The minimum absolute atomic E-state index is 0.0350. The van der Waals surface area contributed by atoms with Crippen molar-refractivity contribution < 1.29 is 0 Å². The Morgan fingerprint density at radius 3 is 2.52 bits per heavy atom. The van der Waals surface area contributed by atoms with E-state index in [2.05, 4.69) is 63.8 Å². The molecule has 1 aliphatic heterocycles. The molecule has 1 aliphatic rings. The van der Waals surface area contributed by atoms with Crippen LogP contribution in [0.15, 0.2) is 10.7 Å². The molecule has 0 spiro atoms. The van der Waals surface area contributed by atoms with E-state index in [0.29, 0.717) is 0 Å². The quantitative estimate of drug-likeness (QED) is 0.837. The van der Waals surface area contributed by atoms with Crippen LogP contribution in [0.2, 0.25) is 0 Å². The second kappa shape index (κ2) is 7.05. The molecule has 2 rings (SSSR count). The average molecular weight is 355 g/mol. The fraction of sp³-hybridized carbons (Fsp3) is 0.750. The first kappa shape index (κ1) is 16.7. The highest BCUT2D eigenvalue weighted by molar-refractivity contribution is 9.10. The summed E-state index contributed by atoms with van der Waals surface area (Å²) in [5.74, 6) is 2.56. The van der Waals surface area contributed by atoms with Gasteiger partial charge in [0.2, 0.25) is 0 Å². The van der Waals surface area contributed by atoms with Crippen molar-refractivity contribution >= 4 is 21.7 Å². The molecule has 0 bridgehead atoms. The lowest BCUT2D eigenvalue weighted by atomic mass is 9.95. The molecule has 1 aromatic heterocycles. The largest absolute Gasteiger partial charge is 0.370 e. The van der Waals surface area contributed by atoms with Gasteiger partial charge >= 0.3 is 0 Å². The van der Waals surface area contributed by atoms with E-state index in [1.165, 1.54) is 32.5 Å². The number of nitrogens with one attached hydrogen (secondary N) is 1. The summed E-state index contributed by atoms with van der Waals surface area (Å²) in [4.78, 5) is 11.7. The van der Waals surface area contributed by atoms with E-state index in [1.54, 1.807) is 0 Å². The molecular weight excluding hydrogens is 328 g/mol. The Bertz CT molecular complexity index is 462. The summed E-state index contributed by atoms with van der Waals surface area (Å²) in [7, 11) is 0. The van der Waals surface area contributed by atoms with E-state index in [0.717, 1.165) is 28.7 Å². The van der Waals surface area contributed by atoms with Gasteiger partial charge in [0.25, 0.3) is 0 Å². The number of likely N-dealkylation sites (tertiary alicyclic amines) is 1. The third kappa shape index (κ3) is 4.92. The van der Waals surface area contributed by atoms with Gasteiger partial charge in [-0.25, -0.2) is 9.97 Å². The summed E-state index contributed by atoms with van der Waals surface area (Å²) in [5, 5.41) is 3.50. The molecular formula is C16H27BrN4. The maximum absolute atomic E-state index is 4.66. The lowest BCUT2D eigenvalue weighted by Crippen LogP contribution is -2.35. The SMILES string of the molecule is CCN1CCC(CNc2cc(Br)nc(C(C)(C)C)n2)CC1. The van der Waals surface area contributed by atoms with Gasteiger partial charge in [0.05, 0.1) is 0 Å². The van der Waals surface area contributed by atoms with Crippen LogP contribution in [0.1, 0.15) is 46.4 Å². The molecule has 0 aliphatic carbocycles. The second-order valence-electron chi connectivity index (χ2n) is 6.91. The first-order chi connectivity index (χ1) is 9.88. The van der Waals surface area contributed by atoms with E-state index in [9.17, 15) is 0 Å². The molecule has 1 fully saturated rings. The predicted octanol–water partition coefficient (Wildman–Crippen LogP) is 3.68. The number of hydrogen-bond donors (Lipinski definition) is 1. The minimum atomic E-state index is -0.0350. The van der Waals surface area contributed by atoms with Crippen LogP contribution in [0.3, 0.4) is 0 Å². The topological polar surface area (TPSA) is 41.0 Å². The predicted molar refractivity (Wildman–Crippen MR) is 91.8 cm³/mol. The van der Waals surface area contributed by atoms with Crippen LogP contribution in [-0.2, 0) is 5.41 Å². The van der Waals surface area contributed by atoms with Gasteiger partial charge in [0, 0.05) is 18.0 Å². The number of anilines is 1. The molecule has 0 unspecified atom stereocenters. The van der Waals surface area contributed by atoms with Crippen LogP contribution < -0.4 is 5.32 Å². The highest BCUT2D eigenvalue weighted by atomic mass is 79.9. The molecule has 2 heterocycles. The second-order valence-corrected chi connectivity index (χ2v) is 7.72. The van der Waals surface area contributed by atoms with Gasteiger partial charge in [-0.2, -0.15) is 0 Å². The molecule has 0 saturated carbocycles. The smallest absolute Gasteiger partial charge is 0.137 e. The van der Waals surface area contributed by atoms with Gasteiger partial charge in [-0.05, 0) is 54.3 Å². The van der Waals surface area contributed by atoms with Crippen molar-refractivity contribution in [2.75, 3.05) is 31.5 Å². The van der Waals surface area contributed by atoms with Crippen molar-refractivity contribution in [2.24, 2.45) is 5.92 Å². The molecule has 118 valence electrons. The summed E-state index contributed by atoms with van der Waals surface area (Å²) < 4.78 is 0.853. The fourth-order valence-corrected chi connectivity index (χ4v) is 2.98. The molecule has 4 nitrogen and oxygen atoms in total. The van der Waals surface area contributed by atoms with Crippen LogP contribution in [-0.4, -0.2) is 41.0 Å². The number of rotatable bonds is 4. The maximum atomic E-state index is 4.66. The van der Waals surface area contributed by atoms with Crippen LogP contribution >= 0.6 is 15.9 Å². The number of piperidine rings is 1. The highest BCUT2D eigenvalue weighted by Crippen LogP contribution is 2.23. The van der Waals surface area contributed by atoms with Gasteiger partial charge in [-0.15, -0.1) is 0 Å². The number of halogens is 1. The standard InChI is InChI=1S/C16H27BrN4/c1-5-21-8-6-12(7-9-21)11-18-14-10-13(17)19-15(20-14)16(2,3)4/h10,12H,5-9,11H2,1-4H3,(H,18,19,20). The molecule has 1 aromatic rings. The Hall–Kier alpha value is -0.680. The molecule has 1 saturated heterocycles. The molecule has 1 N–H and O–H groups in total. The maximum Gasteiger partial charge on any atom is 0.137 e. The fourth-order valence-electron chi connectivity index (χ4n) is 2.60. The van der Waals surface area contributed by atoms with Gasteiger partial charge in [0.15, 0.2) is 0 Å². The van der Waals surface area contributed by atoms with E-state index in [1.807, 2.05) is 6.07 Å². The number of hydrogen-bond acceptors (Lipinski definition) is 4. The Kier molecular flexibility index (Phi) is 5.60. The van der Waals surface area contributed by atoms with Crippen molar-refractivity contribution in [1.29, 1.82) is 0 Å². The molecule has 0 radical (unpaired) electrons. The Balaban J connectivity index is 1.93. The molecule has 5 heteroatoms. The Morgan fingerprint density at radius 1 is 1.29 bits per heavy atom. The minimum Gasteiger partial charge on any atom is -0.370 e. The third-order valence-corrected chi connectivity index (χ3v) is 4.50. The summed E-state index contributed by atoms with van der Waals surface area (Å²) in [5.41, 5.74) is -0.0350. The Morgan fingerprint density at radius 2 is 1.95 bits per heavy atom. The molecule has 0 atom stereocenters. The highest BCUT2D eigenvalue weighted by Gasteiger charge is 2.20. The zero-order chi connectivity index (χ0) is 15.5. The van der Waals surface area contributed by atoms with Gasteiger partial charge in [0.1, 0.15) is 16.2 Å². The summed E-state index contributed by atoms with van der Waals surface area (Å²) in [6.07, 6.45) is 2.55. The third-order valence-electron chi connectivity index (χ3n) is 4.09. The van der Waals surface area contributed by atoms with E-state index in [-0.39, 0.29) is 5.41 Å². The van der Waals surface area contributed by atoms with Crippen LogP contribution in [0.25, 0.3) is 0 Å². The van der Waals surface area contributed by atoms with Crippen molar-refractivity contribution in [3.63, 3.8) is 0 Å². The summed E-state index contributed by atoms with van der Waals surface area (Å²) in [6.45, 7) is 13.3. The lowest BCUT2D eigenvalue weighted by molar-refractivity contribution is 0.198. The normalized spacial score (nSPS) is 18.0. The average Bonchev–Trinajstić information content (AvgIpc) is 2.44. The molecule has 21 heavy (non-hydrogen) atoms. The monoisotopic (exact) mass is 354 g/mol. The van der Waals surface area contributed by atoms with Crippen LogP contribution in [0, 0.1) is 5.92 Å². The zero-order valence-corrected chi connectivity index (χ0v) is 15.2. The van der Waals surface area contributed by atoms with Crippen molar-refractivity contribution in [2.45, 2.75) is 46.0 Å². The van der Waals surface area contributed by atoms with Gasteiger partial charge < -0.3 is 10.2 Å². The molecule has 0 amide bonds. The first-order valence-corrected chi connectivity index (χ1v) is 8.69. The van der Waals surface area contributed by atoms with Gasteiger partial charge in [-0.1, -0.05) is 27.7 Å². The van der Waals surface area contributed by atoms with Crippen LogP contribution in [0.5, 0.6) is 0 Å². The summed E-state index contributed by atoms with van der Waals surface area (Å²) in [6, 6.07) is 1.97.